The monoisotopic (exact) mass is 398 g/mol. The Hall–Kier alpha value is -2.77. The van der Waals surface area contributed by atoms with Gasteiger partial charge in [0.25, 0.3) is 0 Å². The van der Waals surface area contributed by atoms with Crippen LogP contribution in [0.1, 0.15) is 6.42 Å². The number of anilines is 2. The molecule has 3 heterocycles. The smallest absolute Gasteiger partial charge is 0.231 e. The van der Waals surface area contributed by atoms with E-state index in [4.69, 9.17) is 11.6 Å². The molecule has 6 nitrogen and oxygen atoms in total. The second-order valence-electron chi connectivity index (χ2n) is 6.15. The van der Waals surface area contributed by atoms with E-state index in [1.165, 1.54) is 11.3 Å². The van der Waals surface area contributed by atoms with Gasteiger partial charge in [-0.1, -0.05) is 11.6 Å². The van der Waals surface area contributed by atoms with E-state index in [-0.39, 0.29) is 18.2 Å². The third-order valence-corrected chi connectivity index (χ3v) is 5.34. The highest BCUT2D eigenvalue weighted by atomic mass is 35.5. The van der Waals surface area contributed by atoms with Crippen molar-refractivity contribution in [1.82, 2.24) is 9.97 Å². The van der Waals surface area contributed by atoms with Crippen LogP contribution in [0.3, 0.4) is 0 Å². The van der Waals surface area contributed by atoms with E-state index < -0.39 is 5.92 Å². The van der Waals surface area contributed by atoms with Crippen LogP contribution in [-0.4, -0.2) is 28.3 Å². The number of benzene rings is 1. The number of halogens is 1. The Morgan fingerprint density at radius 2 is 2.07 bits per heavy atom. The third-order valence-electron chi connectivity index (χ3n) is 4.33. The summed E-state index contributed by atoms with van der Waals surface area (Å²) in [6, 6.07) is 10.8. The molecule has 0 aliphatic carbocycles. The van der Waals surface area contributed by atoms with Crippen LogP contribution in [0.2, 0.25) is 5.02 Å². The minimum Gasteiger partial charge on any atom is -0.312 e. The lowest BCUT2D eigenvalue weighted by atomic mass is 10.1. The van der Waals surface area contributed by atoms with Crippen LogP contribution in [0, 0.1) is 5.92 Å². The lowest BCUT2D eigenvalue weighted by Gasteiger charge is -2.16. The molecule has 1 unspecified atom stereocenters. The molecular weight excluding hydrogens is 384 g/mol. The van der Waals surface area contributed by atoms with Gasteiger partial charge in [-0.05, 0) is 36.4 Å². The van der Waals surface area contributed by atoms with Crippen molar-refractivity contribution in [1.29, 1.82) is 0 Å². The number of nitrogens with zero attached hydrogens (tertiary/aromatic N) is 3. The Labute approximate surface area is 164 Å². The van der Waals surface area contributed by atoms with Gasteiger partial charge in [0.05, 0.1) is 11.6 Å². The van der Waals surface area contributed by atoms with Crippen LogP contribution in [0.5, 0.6) is 0 Å². The molecule has 1 atom stereocenters. The topological polar surface area (TPSA) is 75.2 Å². The predicted octanol–water partition coefficient (Wildman–Crippen LogP) is 3.85. The second kappa shape index (κ2) is 7.46. The standard InChI is InChI=1S/C19H15ClN4O2S/c20-14-3-5-15(6-4-14)24-10-13(8-17(24)25)18(26)23-19-22-16(11-27-19)12-2-1-7-21-9-12/h1-7,9,11,13H,8,10H2,(H,22,23,26). The van der Waals surface area contributed by atoms with Crippen molar-refractivity contribution in [3.63, 3.8) is 0 Å². The summed E-state index contributed by atoms with van der Waals surface area (Å²) in [6.07, 6.45) is 3.59. The van der Waals surface area contributed by atoms with Gasteiger partial charge in [0, 0.05) is 47.0 Å². The number of pyridine rings is 1. The zero-order chi connectivity index (χ0) is 18.8. The quantitative estimate of drug-likeness (QED) is 0.724. The van der Waals surface area contributed by atoms with Crippen LogP contribution in [-0.2, 0) is 9.59 Å². The molecule has 27 heavy (non-hydrogen) atoms. The van der Waals surface area contributed by atoms with E-state index in [9.17, 15) is 9.59 Å². The third kappa shape index (κ3) is 3.84. The van der Waals surface area contributed by atoms with Gasteiger partial charge in [-0.3, -0.25) is 14.6 Å². The van der Waals surface area contributed by atoms with Crippen molar-refractivity contribution < 1.29 is 9.59 Å². The minimum atomic E-state index is -0.418. The van der Waals surface area contributed by atoms with Gasteiger partial charge < -0.3 is 10.2 Å². The fourth-order valence-electron chi connectivity index (χ4n) is 2.94. The van der Waals surface area contributed by atoms with Crippen molar-refractivity contribution in [2.75, 3.05) is 16.8 Å². The van der Waals surface area contributed by atoms with Gasteiger partial charge >= 0.3 is 0 Å². The van der Waals surface area contributed by atoms with Gasteiger partial charge in [-0.25, -0.2) is 4.98 Å². The average molecular weight is 399 g/mol. The summed E-state index contributed by atoms with van der Waals surface area (Å²) in [7, 11) is 0. The number of carbonyl (C=O) groups excluding carboxylic acids is 2. The number of rotatable bonds is 4. The highest BCUT2D eigenvalue weighted by Gasteiger charge is 2.35. The first-order valence-corrected chi connectivity index (χ1v) is 9.58. The molecule has 2 aromatic heterocycles. The van der Waals surface area contributed by atoms with E-state index >= 15 is 0 Å². The highest BCUT2D eigenvalue weighted by molar-refractivity contribution is 7.14. The SMILES string of the molecule is O=C(Nc1nc(-c2cccnc2)cs1)C1CC(=O)N(c2ccc(Cl)cc2)C1. The van der Waals surface area contributed by atoms with E-state index in [1.54, 1.807) is 41.6 Å². The van der Waals surface area contributed by atoms with Gasteiger partial charge in [0.1, 0.15) is 0 Å². The summed E-state index contributed by atoms with van der Waals surface area (Å²) >= 11 is 7.24. The molecule has 1 aromatic carbocycles. The molecule has 1 fully saturated rings. The maximum Gasteiger partial charge on any atom is 0.231 e. The van der Waals surface area contributed by atoms with Crippen LogP contribution < -0.4 is 10.2 Å². The van der Waals surface area contributed by atoms with E-state index in [2.05, 4.69) is 15.3 Å². The van der Waals surface area contributed by atoms with Crippen molar-refractivity contribution in [2.24, 2.45) is 5.92 Å². The molecule has 2 amide bonds. The van der Waals surface area contributed by atoms with Crippen LogP contribution in [0.25, 0.3) is 11.3 Å². The van der Waals surface area contributed by atoms with Gasteiger partial charge in [-0.2, -0.15) is 0 Å². The maximum absolute atomic E-state index is 12.6. The van der Waals surface area contributed by atoms with Crippen molar-refractivity contribution in [2.45, 2.75) is 6.42 Å². The van der Waals surface area contributed by atoms with Gasteiger partial charge in [0.15, 0.2) is 5.13 Å². The minimum absolute atomic E-state index is 0.0762. The van der Waals surface area contributed by atoms with E-state index in [0.717, 1.165) is 16.9 Å². The summed E-state index contributed by atoms with van der Waals surface area (Å²) in [5.41, 5.74) is 2.39. The Balaban J connectivity index is 1.43. The van der Waals surface area contributed by atoms with Crippen LogP contribution >= 0.6 is 22.9 Å². The van der Waals surface area contributed by atoms with E-state index in [1.807, 2.05) is 17.5 Å². The summed E-state index contributed by atoms with van der Waals surface area (Å²) in [4.78, 5) is 35.0. The summed E-state index contributed by atoms with van der Waals surface area (Å²) in [6.45, 7) is 0.340. The number of hydrogen-bond acceptors (Lipinski definition) is 5. The number of aromatic nitrogens is 2. The maximum atomic E-state index is 12.6. The predicted molar refractivity (Wildman–Crippen MR) is 106 cm³/mol. The summed E-state index contributed by atoms with van der Waals surface area (Å²) < 4.78 is 0. The number of hydrogen-bond donors (Lipinski definition) is 1. The molecule has 0 radical (unpaired) electrons. The Bertz CT molecular complexity index is 975. The molecule has 1 saturated heterocycles. The molecule has 3 aromatic rings. The molecule has 1 aliphatic heterocycles. The fourth-order valence-corrected chi connectivity index (χ4v) is 3.79. The van der Waals surface area contributed by atoms with Crippen LogP contribution in [0.4, 0.5) is 10.8 Å². The molecule has 4 rings (SSSR count). The zero-order valence-electron chi connectivity index (χ0n) is 14.1. The average Bonchev–Trinajstić information content (AvgIpc) is 3.30. The molecule has 0 bridgehead atoms. The highest BCUT2D eigenvalue weighted by Crippen LogP contribution is 2.28. The molecular formula is C19H15ClN4O2S. The Morgan fingerprint density at radius 1 is 1.26 bits per heavy atom. The normalized spacial score (nSPS) is 16.6. The molecule has 136 valence electrons. The first kappa shape index (κ1) is 17.6. The number of amides is 2. The molecule has 0 saturated carbocycles. The lowest BCUT2D eigenvalue weighted by Crippen LogP contribution is -2.28. The summed E-state index contributed by atoms with van der Waals surface area (Å²) in [5, 5.41) is 5.81. The van der Waals surface area contributed by atoms with Gasteiger partial charge in [-0.15, -0.1) is 11.3 Å². The zero-order valence-corrected chi connectivity index (χ0v) is 15.7. The molecule has 1 aliphatic rings. The second-order valence-corrected chi connectivity index (χ2v) is 7.45. The van der Waals surface area contributed by atoms with Crippen molar-refractivity contribution in [3.05, 3.63) is 59.2 Å². The first-order chi connectivity index (χ1) is 13.1. The number of nitrogens with one attached hydrogen (secondary N) is 1. The number of thiazole rings is 1. The van der Waals surface area contributed by atoms with Crippen molar-refractivity contribution in [3.8, 4) is 11.3 Å². The molecule has 8 heteroatoms. The largest absolute Gasteiger partial charge is 0.312 e. The Kier molecular flexibility index (Phi) is 4.87. The summed E-state index contributed by atoms with van der Waals surface area (Å²) in [5.74, 6) is -0.696. The van der Waals surface area contributed by atoms with Gasteiger partial charge in [0.2, 0.25) is 11.8 Å². The molecule has 1 N–H and O–H groups in total. The first-order valence-electron chi connectivity index (χ1n) is 8.33. The van der Waals surface area contributed by atoms with Crippen molar-refractivity contribution >= 4 is 45.6 Å². The van der Waals surface area contributed by atoms with E-state index in [0.29, 0.717) is 16.7 Å². The van der Waals surface area contributed by atoms with Crippen LogP contribution in [0.15, 0.2) is 54.2 Å². The number of carbonyl (C=O) groups is 2. The Morgan fingerprint density at radius 3 is 2.81 bits per heavy atom. The molecule has 0 spiro atoms. The fraction of sp³-hybridized carbons (Fsp3) is 0.158. The lowest BCUT2D eigenvalue weighted by molar-refractivity contribution is -0.122.